The van der Waals surface area contributed by atoms with E-state index in [1.54, 1.807) is 12.1 Å². The number of rotatable bonds is 4. The van der Waals surface area contributed by atoms with Crippen molar-refractivity contribution in [3.05, 3.63) is 53.1 Å². The van der Waals surface area contributed by atoms with Gasteiger partial charge in [-0.05, 0) is 63.6 Å². The molecule has 1 aliphatic heterocycles. The van der Waals surface area contributed by atoms with Gasteiger partial charge in [-0.15, -0.1) is 0 Å². The molecule has 2 heterocycles. The number of carbonyl (C=O) groups is 1. The number of nitrogens with zero attached hydrogens (tertiary/aromatic N) is 1. The van der Waals surface area contributed by atoms with Gasteiger partial charge in [0.1, 0.15) is 5.82 Å². The number of aromatic nitrogens is 1. The second-order valence-electron chi connectivity index (χ2n) is 6.37. The van der Waals surface area contributed by atoms with Crippen molar-refractivity contribution in [1.82, 2.24) is 9.88 Å². The molecule has 1 aromatic heterocycles. The van der Waals surface area contributed by atoms with Crippen molar-refractivity contribution in [3.63, 3.8) is 0 Å². The summed E-state index contributed by atoms with van der Waals surface area (Å²) in [5.74, 6) is -0.0678. The average molecular weight is 314 g/mol. The SMILES string of the molecule is Cc1cc(C(=O)CC2CCCCN2)c(C)n1-c1ccc(F)cc1. The topological polar surface area (TPSA) is 34.0 Å². The van der Waals surface area contributed by atoms with E-state index in [1.807, 2.05) is 24.5 Å². The van der Waals surface area contributed by atoms with Crippen molar-refractivity contribution >= 4 is 5.78 Å². The monoisotopic (exact) mass is 314 g/mol. The van der Waals surface area contributed by atoms with Crippen LogP contribution in [-0.2, 0) is 0 Å². The summed E-state index contributed by atoms with van der Waals surface area (Å²) in [6, 6.07) is 8.62. The standard InChI is InChI=1S/C19H23FN2O/c1-13-11-18(19(23)12-16-5-3-4-10-21-16)14(2)22(13)17-8-6-15(20)7-9-17/h6-9,11,16,21H,3-5,10,12H2,1-2H3. The van der Waals surface area contributed by atoms with Crippen molar-refractivity contribution in [1.29, 1.82) is 0 Å². The first-order valence-corrected chi connectivity index (χ1v) is 8.27. The smallest absolute Gasteiger partial charge is 0.166 e. The zero-order valence-electron chi connectivity index (χ0n) is 13.7. The molecule has 122 valence electrons. The summed E-state index contributed by atoms with van der Waals surface area (Å²) >= 11 is 0. The molecule has 1 N–H and O–H groups in total. The van der Waals surface area contributed by atoms with Gasteiger partial charge in [-0.25, -0.2) is 4.39 Å². The van der Waals surface area contributed by atoms with Crippen LogP contribution in [0.1, 0.15) is 47.4 Å². The van der Waals surface area contributed by atoms with Gasteiger partial charge in [0.25, 0.3) is 0 Å². The van der Waals surface area contributed by atoms with Crippen molar-refractivity contribution in [3.8, 4) is 5.69 Å². The lowest BCUT2D eigenvalue weighted by atomic mass is 9.97. The summed E-state index contributed by atoms with van der Waals surface area (Å²) in [4.78, 5) is 12.7. The normalized spacial score (nSPS) is 18.1. The number of piperidine rings is 1. The number of carbonyl (C=O) groups excluding carboxylic acids is 1. The van der Waals surface area contributed by atoms with E-state index in [-0.39, 0.29) is 11.6 Å². The number of ketones is 1. The van der Waals surface area contributed by atoms with Crippen LogP contribution in [0.4, 0.5) is 4.39 Å². The second-order valence-corrected chi connectivity index (χ2v) is 6.37. The first-order chi connectivity index (χ1) is 11.1. The maximum atomic E-state index is 13.1. The number of aryl methyl sites for hydroxylation is 1. The van der Waals surface area contributed by atoms with Crippen LogP contribution in [-0.4, -0.2) is 22.9 Å². The van der Waals surface area contributed by atoms with E-state index >= 15 is 0 Å². The third kappa shape index (κ3) is 3.37. The van der Waals surface area contributed by atoms with Gasteiger partial charge >= 0.3 is 0 Å². The van der Waals surface area contributed by atoms with Crippen molar-refractivity contribution in [2.45, 2.75) is 45.6 Å². The zero-order chi connectivity index (χ0) is 16.4. The van der Waals surface area contributed by atoms with Crippen LogP contribution in [0.5, 0.6) is 0 Å². The number of hydrogen-bond donors (Lipinski definition) is 1. The van der Waals surface area contributed by atoms with E-state index in [0.29, 0.717) is 12.5 Å². The Morgan fingerprint density at radius 2 is 2.00 bits per heavy atom. The average Bonchev–Trinajstić information content (AvgIpc) is 2.84. The van der Waals surface area contributed by atoms with Crippen LogP contribution in [0.3, 0.4) is 0 Å². The van der Waals surface area contributed by atoms with E-state index in [0.717, 1.165) is 35.6 Å². The number of nitrogens with one attached hydrogen (secondary N) is 1. The van der Waals surface area contributed by atoms with E-state index in [1.165, 1.54) is 25.0 Å². The number of benzene rings is 1. The summed E-state index contributed by atoms with van der Waals surface area (Å²) in [6.07, 6.45) is 4.01. The van der Waals surface area contributed by atoms with Gasteiger partial charge in [-0.2, -0.15) is 0 Å². The van der Waals surface area contributed by atoms with Gasteiger partial charge in [-0.3, -0.25) is 4.79 Å². The lowest BCUT2D eigenvalue weighted by molar-refractivity contribution is 0.0963. The minimum atomic E-state index is -0.254. The molecule has 4 heteroatoms. The molecular weight excluding hydrogens is 291 g/mol. The fourth-order valence-electron chi connectivity index (χ4n) is 3.46. The lowest BCUT2D eigenvalue weighted by Crippen LogP contribution is -2.35. The van der Waals surface area contributed by atoms with Crippen LogP contribution in [0.15, 0.2) is 30.3 Å². The molecule has 1 atom stereocenters. The Balaban J connectivity index is 1.85. The Labute approximate surface area is 136 Å². The van der Waals surface area contributed by atoms with Crippen molar-refractivity contribution < 1.29 is 9.18 Å². The van der Waals surface area contributed by atoms with Crippen molar-refractivity contribution in [2.24, 2.45) is 0 Å². The van der Waals surface area contributed by atoms with Gasteiger partial charge in [0.15, 0.2) is 5.78 Å². The summed E-state index contributed by atoms with van der Waals surface area (Å²) in [5, 5.41) is 3.43. The number of Topliss-reactive ketones (excluding diaryl/α,β-unsaturated/α-hetero) is 1. The minimum Gasteiger partial charge on any atom is -0.318 e. The molecular formula is C19H23FN2O. The minimum absolute atomic E-state index is 0.186. The molecule has 2 aromatic rings. The summed E-state index contributed by atoms with van der Waals surface area (Å²) < 4.78 is 15.1. The van der Waals surface area contributed by atoms with Crippen LogP contribution >= 0.6 is 0 Å². The summed E-state index contributed by atoms with van der Waals surface area (Å²) in [6.45, 7) is 4.94. The molecule has 0 saturated carbocycles. The highest BCUT2D eigenvalue weighted by Gasteiger charge is 2.21. The highest BCUT2D eigenvalue weighted by atomic mass is 19.1. The molecule has 0 spiro atoms. The molecule has 0 amide bonds. The molecule has 0 radical (unpaired) electrons. The van der Waals surface area contributed by atoms with Crippen molar-refractivity contribution in [2.75, 3.05) is 6.54 Å². The Morgan fingerprint density at radius 3 is 2.65 bits per heavy atom. The van der Waals surface area contributed by atoms with Gasteiger partial charge < -0.3 is 9.88 Å². The largest absolute Gasteiger partial charge is 0.318 e. The molecule has 0 aliphatic carbocycles. The Morgan fingerprint density at radius 1 is 1.26 bits per heavy atom. The predicted octanol–water partition coefficient (Wildman–Crippen LogP) is 3.95. The predicted molar refractivity (Wildman–Crippen MR) is 89.8 cm³/mol. The highest BCUT2D eigenvalue weighted by Crippen LogP contribution is 2.23. The molecule has 23 heavy (non-hydrogen) atoms. The fourth-order valence-corrected chi connectivity index (χ4v) is 3.46. The van der Waals surface area contributed by atoms with E-state index in [4.69, 9.17) is 0 Å². The summed E-state index contributed by atoms with van der Waals surface area (Å²) in [7, 11) is 0. The lowest BCUT2D eigenvalue weighted by Gasteiger charge is -2.22. The van der Waals surface area contributed by atoms with Crippen LogP contribution in [0, 0.1) is 19.7 Å². The molecule has 1 aromatic carbocycles. The van der Waals surface area contributed by atoms with Gasteiger partial charge in [0, 0.05) is 35.1 Å². The third-order valence-corrected chi connectivity index (χ3v) is 4.66. The quantitative estimate of drug-likeness (QED) is 0.867. The number of halogens is 1. The Hall–Kier alpha value is -1.94. The summed E-state index contributed by atoms with van der Waals surface area (Å²) in [5.41, 5.74) is 3.58. The molecule has 1 saturated heterocycles. The molecule has 1 unspecified atom stereocenters. The van der Waals surface area contributed by atoms with E-state index in [2.05, 4.69) is 5.32 Å². The Kier molecular flexibility index (Phi) is 4.62. The molecule has 3 nitrogen and oxygen atoms in total. The maximum Gasteiger partial charge on any atom is 0.166 e. The Bertz CT molecular complexity index is 697. The molecule has 1 fully saturated rings. The number of hydrogen-bond acceptors (Lipinski definition) is 2. The van der Waals surface area contributed by atoms with Crippen LogP contribution in [0.25, 0.3) is 5.69 Å². The van der Waals surface area contributed by atoms with Crippen LogP contribution < -0.4 is 5.32 Å². The van der Waals surface area contributed by atoms with Gasteiger partial charge in [-0.1, -0.05) is 6.42 Å². The fraction of sp³-hybridized carbons (Fsp3) is 0.421. The molecule has 0 bridgehead atoms. The molecule has 1 aliphatic rings. The van der Waals surface area contributed by atoms with Gasteiger partial charge in [0.05, 0.1) is 0 Å². The first-order valence-electron chi connectivity index (χ1n) is 8.27. The second kappa shape index (κ2) is 6.67. The van der Waals surface area contributed by atoms with Crippen LogP contribution in [0.2, 0.25) is 0 Å². The molecule has 3 rings (SSSR count). The zero-order valence-corrected chi connectivity index (χ0v) is 13.7. The van der Waals surface area contributed by atoms with Gasteiger partial charge in [0.2, 0.25) is 0 Å². The first kappa shape index (κ1) is 15.9. The maximum absolute atomic E-state index is 13.1. The van der Waals surface area contributed by atoms with E-state index in [9.17, 15) is 9.18 Å². The third-order valence-electron chi connectivity index (χ3n) is 4.66. The highest BCUT2D eigenvalue weighted by molar-refractivity contribution is 5.98. The van der Waals surface area contributed by atoms with E-state index < -0.39 is 0 Å².